The highest BCUT2D eigenvalue weighted by atomic mass is 16.5. The zero-order valence-corrected chi connectivity index (χ0v) is 19.1. The van der Waals surface area contributed by atoms with E-state index in [0.29, 0.717) is 18.7 Å². The van der Waals surface area contributed by atoms with Gasteiger partial charge in [0, 0.05) is 25.1 Å². The topological polar surface area (TPSA) is 65.4 Å². The Balaban J connectivity index is 1.49. The molecule has 1 amide bonds. The molecule has 0 unspecified atom stereocenters. The molecule has 6 nitrogen and oxygen atoms in total. The number of hydrogen-bond acceptors (Lipinski definition) is 4. The number of carbonyl (C=O) groups is 1. The first-order chi connectivity index (χ1) is 15.6. The van der Waals surface area contributed by atoms with Crippen LogP contribution >= 0.6 is 0 Å². The number of carbonyl (C=O) groups excluding carboxylic acids is 1. The van der Waals surface area contributed by atoms with Crippen LogP contribution in [-0.2, 0) is 17.8 Å². The molecule has 2 aromatic carbocycles. The Morgan fingerprint density at radius 3 is 2.53 bits per heavy atom. The summed E-state index contributed by atoms with van der Waals surface area (Å²) >= 11 is 0. The lowest BCUT2D eigenvalue weighted by atomic mass is 10.2. The standard InChI is InChI=1S/C26H33N3O3/c1-20(2)26(30)27-17-8-4-5-12-25-28-23-10-6-7-11-24(23)29(25)18-9-19-32-22-15-13-21(31-3)14-16-22/h6-7,10-11,13-16H,1,4-5,8-9,12,17-19H2,2-3H3,(H,27,30). The fourth-order valence-corrected chi connectivity index (χ4v) is 3.59. The van der Waals surface area contributed by atoms with E-state index in [1.807, 2.05) is 30.3 Å². The van der Waals surface area contributed by atoms with E-state index in [1.54, 1.807) is 14.0 Å². The highest BCUT2D eigenvalue weighted by Gasteiger charge is 2.10. The van der Waals surface area contributed by atoms with Crippen molar-refractivity contribution >= 4 is 16.9 Å². The van der Waals surface area contributed by atoms with Gasteiger partial charge in [0.1, 0.15) is 17.3 Å². The Morgan fingerprint density at radius 1 is 1.03 bits per heavy atom. The zero-order valence-electron chi connectivity index (χ0n) is 19.1. The van der Waals surface area contributed by atoms with Gasteiger partial charge >= 0.3 is 0 Å². The largest absolute Gasteiger partial charge is 0.497 e. The maximum atomic E-state index is 11.5. The van der Waals surface area contributed by atoms with Gasteiger partial charge in [0.25, 0.3) is 0 Å². The number of nitrogens with one attached hydrogen (secondary N) is 1. The van der Waals surface area contributed by atoms with Crippen molar-refractivity contribution in [2.75, 3.05) is 20.3 Å². The summed E-state index contributed by atoms with van der Waals surface area (Å²) in [5.74, 6) is 2.72. The number of hydrogen-bond donors (Lipinski definition) is 1. The van der Waals surface area contributed by atoms with Crippen LogP contribution < -0.4 is 14.8 Å². The molecule has 3 rings (SSSR count). The maximum Gasteiger partial charge on any atom is 0.246 e. The van der Waals surface area contributed by atoms with Gasteiger partial charge in [-0.1, -0.05) is 25.1 Å². The van der Waals surface area contributed by atoms with E-state index in [1.165, 1.54) is 5.52 Å². The van der Waals surface area contributed by atoms with Gasteiger partial charge in [-0.05, 0) is 62.6 Å². The molecule has 0 radical (unpaired) electrons. The first kappa shape index (κ1) is 23.4. The number of benzene rings is 2. The molecule has 1 N–H and O–H groups in total. The van der Waals surface area contributed by atoms with Gasteiger partial charge in [-0.3, -0.25) is 4.79 Å². The van der Waals surface area contributed by atoms with Gasteiger partial charge < -0.3 is 19.4 Å². The summed E-state index contributed by atoms with van der Waals surface area (Å²) in [5.41, 5.74) is 2.75. The first-order valence-electron chi connectivity index (χ1n) is 11.2. The minimum atomic E-state index is -0.0661. The summed E-state index contributed by atoms with van der Waals surface area (Å²) in [7, 11) is 1.66. The maximum absolute atomic E-state index is 11.5. The van der Waals surface area contributed by atoms with Crippen LogP contribution in [0.25, 0.3) is 11.0 Å². The van der Waals surface area contributed by atoms with E-state index >= 15 is 0 Å². The Labute approximate surface area is 190 Å². The van der Waals surface area contributed by atoms with Crippen molar-refractivity contribution < 1.29 is 14.3 Å². The van der Waals surface area contributed by atoms with Crippen LogP contribution in [0, 0.1) is 0 Å². The number of fused-ring (bicyclic) bond motifs is 1. The van der Waals surface area contributed by atoms with Crippen LogP contribution in [0.3, 0.4) is 0 Å². The van der Waals surface area contributed by atoms with Crippen molar-refractivity contribution in [2.24, 2.45) is 0 Å². The van der Waals surface area contributed by atoms with E-state index in [2.05, 4.69) is 34.7 Å². The normalized spacial score (nSPS) is 10.8. The van der Waals surface area contributed by atoms with Gasteiger partial charge in [-0.25, -0.2) is 4.98 Å². The quantitative estimate of drug-likeness (QED) is 0.306. The average molecular weight is 436 g/mol. The lowest BCUT2D eigenvalue weighted by molar-refractivity contribution is -0.117. The molecule has 0 aliphatic heterocycles. The molecule has 0 aliphatic rings. The van der Waals surface area contributed by atoms with Crippen LogP contribution in [0.5, 0.6) is 11.5 Å². The molecule has 3 aromatic rings. The Bertz CT molecular complexity index is 1020. The summed E-state index contributed by atoms with van der Waals surface area (Å²) in [6.07, 6.45) is 4.85. The number of aromatic nitrogens is 2. The van der Waals surface area contributed by atoms with Gasteiger partial charge in [-0.15, -0.1) is 0 Å². The van der Waals surface area contributed by atoms with Gasteiger partial charge in [0.15, 0.2) is 0 Å². The molecular weight excluding hydrogens is 402 g/mol. The highest BCUT2D eigenvalue weighted by molar-refractivity contribution is 5.92. The molecule has 0 bridgehead atoms. The predicted octanol–water partition coefficient (Wildman–Crippen LogP) is 4.92. The van der Waals surface area contributed by atoms with Crippen molar-refractivity contribution in [3.63, 3.8) is 0 Å². The van der Waals surface area contributed by atoms with Gasteiger partial charge in [0.2, 0.25) is 5.91 Å². The van der Waals surface area contributed by atoms with E-state index < -0.39 is 0 Å². The molecule has 1 heterocycles. The number of unbranched alkanes of at least 4 members (excludes halogenated alkanes) is 2. The summed E-state index contributed by atoms with van der Waals surface area (Å²) in [6.45, 7) is 7.57. The third-order valence-electron chi connectivity index (χ3n) is 5.34. The van der Waals surface area contributed by atoms with Crippen molar-refractivity contribution in [1.29, 1.82) is 0 Å². The molecule has 0 spiro atoms. The number of nitrogens with zero attached hydrogens (tertiary/aromatic N) is 2. The van der Waals surface area contributed by atoms with Crippen molar-refractivity contribution in [3.8, 4) is 11.5 Å². The second-order valence-corrected chi connectivity index (χ2v) is 7.89. The lowest BCUT2D eigenvalue weighted by Crippen LogP contribution is -2.24. The fraction of sp³-hybridized carbons (Fsp3) is 0.385. The van der Waals surface area contributed by atoms with E-state index in [-0.39, 0.29) is 5.91 Å². The summed E-state index contributed by atoms with van der Waals surface area (Å²) in [5, 5.41) is 2.89. The zero-order chi connectivity index (χ0) is 22.8. The first-order valence-corrected chi connectivity index (χ1v) is 11.2. The SMILES string of the molecule is C=C(C)C(=O)NCCCCCc1nc2ccccc2n1CCCOc1ccc(OC)cc1. The molecule has 170 valence electrons. The van der Waals surface area contributed by atoms with Gasteiger partial charge in [-0.2, -0.15) is 0 Å². The molecule has 0 aliphatic carbocycles. The Hall–Kier alpha value is -3.28. The molecule has 0 saturated heterocycles. The van der Waals surface area contributed by atoms with Crippen molar-refractivity contribution in [2.45, 2.75) is 45.6 Å². The van der Waals surface area contributed by atoms with Crippen molar-refractivity contribution in [1.82, 2.24) is 14.9 Å². The summed E-state index contributed by atoms with van der Waals surface area (Å²) in [6, 6.07) is 15.9. The number of amides is 1. The van der Waals surface area contributed by atoms with Crippen LogP contribution in [0.1, 0.15) is 38.4 Å². The van der Waals surface area contributed by atoms with Crippen LogP contribution in [0.2, 0.25) is 0 Å². The average Bonchev–Trinajstić information content (AvgIpc) is 3.16. The number of rotatable bonds is 13. The highest BCUT2D eigenvalue weighted by Crippen LogP contribution is 2.20. The smallest absolute Gasteiger partial charge is 0.246 e. The van der Waals surface area contributed by atoms with E-state index in [4.69, 9.17) is 14.5 Å². The van der Waals surface area contributed by atoms with Crippen LogP contribution in [0.15, 0.2) is 60.7 Å². The minimum absolute atomic E-state index is 0.0661. The minimum Gasteiger partial charge on any atom is -0.497 e. The molecule has 0 atom stereocenters. The number of methoxy groups -OCH3 is 1. The fourth-order valence-electron chi connectivity index (χ4n) is 3.59. The van der Waals surface area contributed by atoms with E-state index in [0.717, 1.165) is 61.5 Å². The van der Waals surface area contributed by atoms with E-state index in [9.17, 15) is 4.79 Å². The second kappa shape index (κ2) is 11.9. The summed E-state index contributed by atoms with van der Waals surface area (Å²) < 4.78 is 13.4. The lowest BCUT2D eigenvalue weighted by Gasteiger charge is -2.11. The Morgan fingerprint density at radius 2 is 1.78 bits per heavy atom. The van der Waals surface area contributed by atoms with Crippen LogP contribution in [0.4, 0.5) is 0 Å². The summed E-state index contributed by atoms with van der Waals surface area (Å²) in [4.78, 5) is 16.4. The number of imidazole rings is 1. The third kappa shape index (κ3) is 6.61. The number of para-hydroxylation sites is 2. The molecular formula is C26H33N3O3. The molecule has 1 aromatic heterocycles. The molecule has 0 saturated carbocycles. The van der Waals surface area contributed by atoms with Gasteiger partial charge in [0.05, 0.1) is 24.8 Å². The predicted molar refractivity (Wildman–Crippen MR) is 128 cm³/mol. The number of aryl methyl sites for hydroxylation is 2. The molecule has 0 fully saturated rings. The monoisotopic (exact) mass is 435 g/mol. The second-order valence-electron chi connectivity index (χ2n) is 7.89. The molecule has 6 heteroatoms. The number of ether oxygens (including phenoxy) is 2. The molecule has 32 heavy (non-hydrogen) atoms. The van der Waals surface area contributed by atoms with Crippen molar-refractivity contribution in [3.05, 3.63) is 66.5 Å². The van der Waals surface area contributed by atoms with Crippen LogP contribution in [-0.4, -0.2) is 35.7 Å². The third-order valence-corrected chi connectivity index (χ3v) is 5.34. The Kier molecular flexibility index (Phi) is 8.72.